The van der Waals surface area contributed by atoms with Crippen LogP contribution >= 0.6 is 11.3 Å². The number of ether oxygens (including phenoxy) is 2. The van der Waals surface area contributed by atoms with Crippen LogP contribution in [0.15, 0.2) is 41.8 Å². The second-order valence-electron chi connectivity index (χ2n) is 5.65. The SMILES string of the molecule is O=C(/C=C/c1ccc2c(c1)OCO2)N1CCC[C@@H]1c1cccs1. The van der Waals surface area contributed by atoms with Gasteiger partial charge in [-0.2, -0.15) is 0 Å². The molecule has 0 aliphatic carbocycles. The Morgan fingerprint density at radius 2 is 2.17 bits per heavy atom. The zero-order valence-corrected chi connectivity index (χ0v) is 13.4. The zero-order chi connectivity index (χ0) is 15.6. The molecule has 1 atom stereocenters. The summed E-state index contributed by atoms with van der Waals surface area (Å²) in [5.41, 5.74) is 0.939. The van der Waals surface area contributed by atoms with E-state index in [0.29, 0.717) is 0 Å². The highest BCUT2D eigenvalue weighted by molar-refractivity contribution is 7.10. The first kappa shape index (κ1) is 14.3. The normalized spacial score (nSPS) is 19.7. The van der Waals surface area contributed by atoms with Gasteiger partial charge in [-0.3, -0.25) is 4.79 Å². The van der Waals surface area contributed by atoms with E-state index in [9.17, 15) is 4.79 Å². The van der Waals surface area contributed by atoms with Crippen LogP contribution in [-0.2, 0) is 4.79 Å². The number of carbonyl (C=O) groups excluding carboxylic acids is 1. The number of rotatable bonds is 3. The van der Waals surface area contributed by atoms with Gasteiger partial charge in [0.05, 0.1) is 6.04 Å². The van der Waals surface area contributed by atoms with Gasteiger partial charge in [-0.1, -0.05) is 12.1 Å². The molecule has 0 spiro atoms. The van der Waals surface area contributed by atoms with Gasteiger partial charge in [0, 0.05) is 17.5 Å². The number of likely N-dealkylation sites (tertiary alicyclic amines) is 1. The molecule has 0 radical (unpaired) electrons. The molecule has 1 amide bonds. The predicted molar refractivity (Wildman–Crippen MR) is 89.6 cm³/mol. The number of nitrogens with zero attached hydrogens (tertiary/aromatic N) is 1. The average molecular weight is 327 g/mol. The summed E-state index contributed by atoms with van der Waals surface area (Å²) in [6, 6.07) is 10.1. The van der Waals surface area contributed by atoms with Gasteiger partial charge in [0.1, 0.15) is 0 Å². The first-order valence-corrected chi connectivity index (χ1v) is 8.61. The molecule has 0 N–H and O–H groups in total. The van der Waals surface area contributed by atoms with Gasteiger partial charge in [-0.15, -0.1) is 11.3 Å². The molecule has 1 aromatic heterocycles. The molecule has 1 fully saturated rings. The van der Waals surface area contributed by atoms with Crippen LogP contribution in [0.1, 0.15) is 29.3 Å². The smallest absolute Gasteiger partial charge is 0.247 e. The summed E-state index contributed by atoms with van der Waals surface area (Å²) in [7, 11) is 0. The Bertz CT molecular complexity index is 739. The standard InChI is InChI=1S/C18H17NO3S/c20-18(19-9-1-3-14(19)17-4-2-10-23-17)8-6-13-5-7-15-16(11-13)22-12-21-15/h2,4-8,10-11,14H,1,3,9,12H2/b8-6+/t14-/m1/s1. The van der Waals surface area contributed by atoms with Gasteiger partial charge in [0.15, 0.2) is 11.5 Å². The lowest BCUT2D eigenvalue weighted by atomic mass is 10.1. The van der Waals surface area contributed by atoms with E-state index in [2.05, 4.69) is 11.4 Å². The van der Waals surface area contributed by atoms with Crippen LogP contribution in [0.4, 0.5) is 0 Å². The lowest BCUT2D eigenvalue weighted by Crippen LogP contribution is -2.28. The second-order valence-corrected chi connectivity index (χ2v) is 6.63. The van der Waals surface area contributed by atoms with Gasteiger partial charge in [-0.25, -0.2) is 0 Å². The highest BCUT2D eigenvalue weighted by atomic mass is 32.1. The molecule has 0 bridgehead atoms. The molecule has 2 aromatic rings. The van der Waals surface area contributed by atoms with Crippen molar-refractivity contribution >= 4 is 23.3 Å². The largest absolute Gasteiger partial charge is 0.454 e. The number of benzene rings is 1. The Balaban J connectivity index is 1.49. The molecule has 118 valence electrons. The minimum Gasteiger partial charge on any atom is -0.454 e. The Kier molecular flexibility index (Phi) is 3.79. The summed E-state index contributed by atoms with van der Waals surface area (Å²) >= 11 is 1.72. The van der Waals surface area contributed by atoms with Crippen molar-refractivity contribution in [1.29, 1.82) is 0 Å². The fourth-order valence-corrected chi connectivity index (χ4v) is 3.96. The Morgan fingerprint density at radius 3 is 3.04 bits per heavy atom. The maximum atomic E-state index is 12.5. The van der Waals surface area contributed by atoms with Gasteiger partial charge < -0.3 is 14.4 Å². The quantitative estimate of drug-likeness (QED) is 0.804. The van der Waals surface area contributed by atoms with Gasteiger partial charge in [-0.05, 0) is 48.1 Å². The molecule has 4 rings (SSSR count). The summed E-state index contributed by atoms with van der Waals surface area (Å²) in [5, 5.41) is 2.07. The van der Waals surface area contributed by atoms with Crippen LogP contribution in [0.2, 0.25) is 0 Å². The maximum absolute atomic E-state index is 12.5. The molecular formula is C18H17NO3S. The molecule has 5 heteroatoms. The summed E-state index contributed by atoms with van der Waals surface area (Å²) in [6.45, 7) is 1.09. The van der Waals surface area contributed by atoms with E-state index in [0.717, 1.165) is 36.4 Å². The highest BCUT2D eigenvalue weighted by Crippen LogP contribution is 2.35. The summed E-state index contributed by atoms with van der Waals surface area (Å²) < 4.78 is 10.7. The number of thiophene rings is 1. The third-order valence-electron chi connectivity index (χ3n) is 4.22. The molecule has 0 unspecified atom stereocenters. The van der Waals surface area contributed by atoms with Crippen molar-refractivity contribution in [2.75, 3.05) is 13.3 Å². The fraction of sp³-hybridized carbons (Fsp3) is 0.278. The van der Waals surface area contributed by atoms with Crippen molar-refractivity contribution in [3.05, 3.63) is 52.2 Å². The molecule has 23 heavy (non-hydrogen) atoms. The van der Waals surface area contributed by atoms with E-state index in [-0.39, 0.29) is 18.7 Å². The zero-order valence-electron chi connectivity index (χ0n) is 12.6. The highest BCUT2D eigenvalue weighted by Gasteiger charge is 2.29. The number of carbonyl (C=O) groups is 1. The molecule has 1 aromatic carbocycles. The third kappa shape index (κ3) is 2.84. The van der Waals surface area contributed by atoms with Crippen LogP contribution in [0.5, 0.6) is 11.5 Å². The number of amides is 1. The second kappa shape index (κ2) is 6.08. The minimum atomic E-state index is 0.0681. The van der Waals surface area contributed by atoms with Crippen LogP contribution in [0.3, 0.4) is 0 Å². The minimum absolute atomic E-state index is 0.0681. The van der Waals surface area contributed by atoms with Crippen molar-refractivity contribution in [3.63, 3.8) is 0 Å². The summed E-state index contributed by atoms with van der Waals surface area (Å²) in [6.07, 6.45) is 5.61. The van der Waals surface area contributed by atoms with E-state index in [1.807, 2.05) is 35.2 Å². The maximum Gasteiger partial charge on any atom is 0.247 e. The average Bonchev–Trinajstić information content (AvgIpc) is 3.32. The van der Waals surface area contributed by atoms with Crippen LogP contribution in [0.25, 0.3) is 6.08 Å². The fourth-order valence-electron chi connectivity index (χ4n) is 3.09. The number of hydrogen-bond acceptors (Lipinski definition) is 4. The van der Waals surface area contributed by atoms with E-state index < -0.39 is 0 Å². The first-order chi connectivity index (χ1) is 11.3. The first-order valence-electron chi connectivity index (χ1n) is 7.73. The topological polar surface area (TPSA) is 38.8 Å². The molecular weight excluding hydrogens is 310 g/mol. The van der Waals surface area contributed by atoms with Crippen molar-refractivity contribution in [2.24, 2.45) is 0 Å². The number of hydrogen-bond donors (Lipinski definition) is 0. The Labute approximate surface area is 138 Å². The van der Waals surface area contributed by atoms with Crippen LogP contribution in [0, 0.1) is 0 Å². The monoisotopic (exact) mass is 327 g/mol. The van der Waals surface area contributed by atoms with Gasteiger partial charge in [0.25, 0.3) is 0 Å². The third-order valence-corrected chi connectivity index (χ3v) is 5.20. The lowest BCUT2D eigenvalue weighted by Gasteiger charge is -2.22. The molecule has 2 aliphatic rings. The lowest BCUT2D eigenvalue weighted by molar-refractivity contribution is -0.126. The van der Waals surface area contributed by atoms with Crippen molar-refractivity contribution in [2.45, 2.75) is 18.9 Å². The molecule has 4 nitrogen and oxygen atoms in total. The van der Waals surface area contributed by atoms with Gasteiger partial charge >= 0.3 is 0 Å². The molecule has 3 heterocycles. The Morgan fingerprint density at radius 1 is 1.26 bits per heavy atom. The van der Waals surface area contributed by atoms with E-state index in [4.69, 9.17) is 9.47 Å². The van der Waals surface area contributed by atoms with E-state index >= 15 is 0 Å². The van der Waals surface area contributed by atoms with Crippen molar-refractivity contribution in [3.8, 4) is 11.5 Å². The summed E-state index contributed by atoms with van der Waals surface area (Å²) in [5.74, 6) is 1.56. The van der Waals surface area contributed by atoms with E-state index in [1.54, 1.807) is 17.4 Å². The molecule has 1 saturated heterocycles. The van der Waals surface area contributed by atoms with Crippen molar-refractivity contribution in [1.82, 2.24) is 4.90 Å². The van der Waals surface area contributed by atoms with Crippen LogP contribution < -0.4 is 9.47 Å². The van der Waals surface area contributed by atoms with E-state index in [1.165, 1.54) is 4.88 Å². The molecule has 2 aliphatic heterocycles. The molecule has 0 saturated carbocycles. The predicted octanol–water partition coefficient (Wildman–Crippen LogP) is 3.85. The van der Waals surface area contributed by atoms with Gasteiger partial charge in [0.2, 0.25) is 12.7 Å². The van der Waals surface area contributed by atoms with Crippen LogP contribution in [-0.4, -0.2) is 24.1 Å². The number of fused-ring (bicyclic) bond motifs is 1. The Hall–Kier alpha value is -2.27. The van der Waals surface area contributed by atoms with Crippen molar-refractivity contribution < 1.29 is 14.3 Å². The summed E-state index contributed by atoms with van der Waals surface area (Å²) in [4.78, 5) is 15.8.